The van der Waals surface area contributed by atoms with Crippen LogP contribution in [-0.2, 0) is 36.9 Å². The number of aryl methyl sites for hydroxylation is 1. The van der Waals surface area contributed by atoms with Gasteiger partial charge in [-0.2, -0.15) is 39.3 Å². The van der Waals surface area contributed by atoms with Crippen LogP contribution >= 0.6 is 0 Å². The summed E-state index contributed by atoms with van der Waals surface area (Å²) >= 11 is 0. The molecule has 16 heteroatoms. The molecule has 0 bridgehead atoms. The first-order valence-corrected chi connectivity index (χ1v) is 10.7. The molecule has 1 heterocycles. The highest BCUT2D eigenvalue weighted by molar-refractivity contribution is 7.88. The average molecular weight is 468 g/mol. The standard InChI is InChI=1S/C13H23F3N4O7S2/c1-18-6-7-19(12(18)27-28(22,23)13(14,15)16)29(24,25)17-10(8-11(21)26-5)9-20(2,3)4/h6-7,10,17H,8-9H2,1-5H3/q+2. The molecule has 0 saturated carbocycles. The molecule has 168 valence electrons. The van der Waals surface area contributed by atoms with Crippen molar-refractivity contribution >= 4 is 26.3 Å². The second-order valence-corrected chi connectivity index (χ2v) is 10.2. The summed E-state index contributed by atoms with van der Waals surface area (Å²) in [6.07, 6.45) is 1.41. The molecule has 1 atom stereocenters. The second-order valence-electron chi connectivity index (χ2n) is 7.04. The van der Waals surface area contributed by atoms with E-state index in [1.165, 1.54) is 0 Å². The molecule has 0 amide bonds. The van der Waals surface area contributed by atoms with Gasteiger partial charge in [0.1, 0.15) is 6.20 Å². The number of carbonyl (C=O) groups is 1. The third-order valence-corrected chi connectivity index (χ3v) is 5.73. The Bertz CT molecular complexity index is 950. The summed E-state index contributed by atoms with van der Waals surface area (Å²) in [4.78, 5) is 11.6. The predicted octanol–water partition coefficient (Wildman–Crippen LogP) is -1.14. The van der Waals surface area contributed by atoms with Crippen LogP contribution in [-0.4, -0.2) is 77.6 Å². The highest BCUT2D eigenvalue weighted by Crippen LogP contribution is 2.26. The van der Waals surface area contributed by atoms with Gasteiger partial charge in [0.25, 0.3) is 0 Å². The van der Waals surface area contributed by atoms with Gasteiger partial charge in [-0.3, -0.25) is 4.79 Å². The van der Waals surface area contributed by atoms with Crippen molar-refractivity contribution in [2.75, 3.05) is 34.8 Å². The first kappa shape index (κ1) is 25.1. The minimum Gasteiger partial charge on any atom is -0.469 e. The number of rotatable bonds is 9. The normalized spacial score (nSPS) is 14.5. The van der Waals surface area contributed by atoms with E-state index in [9.17, 15) is 34.8 Å². The van der Waals surface area contributed by atoms with E-state index in [-0.39, 0.29) is 21.4 Å². The van der Waals surface area contributed by atoms with E-state index >= 15 is 0 Å². The fourth-order valence-corrected chi connectivity index (χ4v) is 4.04. The van der Waals surface area contributed by atoms with Crippen molar-refractivity contribution in [2.45, 2.75) is 18.0 Å². The molecule has 0 fully saturated rings. The molecule has 0 radical (unpaired) electrons. The molecule has 0 spiro atoms. The summed E-state index contributed by atoms with van der Waals surface area (Å²) in [5, 5.41) is 0. The molecular weight excluding hydrogens is 445 g/mol. The molecule has 1 aromatic rings. The summed E-state index contributed by atoms with van der Waals surface area (Å²) in [6.45, 7) is 0.110. The number of alkyl halides is 3. The molecule has 0 aliphatic heterocycles. The Balaban J connectivity index is 3.30. The number of carbonyl (C=O) groups excluding carboxylic acids is 1. The average Bonchev–Trinajstić information content (AvgIpc) is 2.85. The van der Waals surface area contributed by atoms with Crippen molar-refractivity contribution < 1.29 is 52.8 Å². The third kappa shape index (κ3) is 6.83. The number of nitrogens with zero attached hydrogens (tertiary/aromatic N) is 3. The zero-order valence-electron chi connectivity index (χ0n) is 16.3. The molecule has 1 N–H and O–H groups in total. The van der Waals surface area contributed by atoms with Crippen molar-refractivity contribution in [3.8, 4) is 6.01 Å². The molecule has 0 saturated heterocycles. The zero-order chi connectivity index (χ0) is 22.8. The van der Waals surface area contributed by atoms with Gasteiger partial charge in [-0.05, 0) is 0 Å². The SMILES string of the molecule is COC(=O)CC(C[N+](C)(C)C)NS(=O)(=O)n1cc[n+](C)c1OS(=O)(=O)C(F)(F)F. The number of aromatic nitrogens is 2. The van der Waals surface area contributed by atoms with Gasteiger partial charge in [0.05, 0.1) is 54.3 Å². The summed E-state index contributed by atoms with van der Waals surface area (Å²) in [5.74, 6) is -0.722. The number of halogens is 3. The maximum Gasteiger partial charge on any atom is 0.534 e. The van der Waals surface area contributed by atoms with Gasteiger partial charge in [-0.15, -0.1) is 0 Å². The van der Waals surface area contributed by atoms with E-state index in [1.807, 2.05) is 0 Å². The van der Waals surface area contributed by atoms with E-state index in [2.05, 4.69) is 13.6 Å². The number of likely N-dealkylation sites (N-methyl/N-ethyl adjacent to an activating group) is 1. The Labute approximate surface area is 166 Å². The molecule has 0 aliphatic rings. The molecule has 0 aliphatic carbocycles. The molecule has 0 aromatic carbocycles. The lowest BCUT2D eigenvalue weighted by atomic mass is 10.2. The van der Waals surface area contributed by atoms with Crippen molar-refractivity contribution in [2.24, 2.45) is 7.05 Å². The Morgan fingerprint density at radius 2 is 1.83 bits per heavy atom. The number of quaternary nitrogens is 1. The highest BCUT2D eigenvalue weighted by Gasteiger charge is 2.51. The van der Waals surface area contributed by atoms with E-state index < -0.39 is 43.9 Å². The van der Waals surface area contributed by atoms with E-state index in [0.29, 0.717) is 0 Å². The summed E-state index contributed by atoms with van der Waals surface area (Å²) in [6, 6.07) is -2.14. The monoisotopic (exact) mass is 468 g/mol. The van der Waals surface area contributed by atoms with Gasteiger partial charge < -0.3 is 13.4 Å². The van der Waals surface area contributed by atoms with Crippen LogP contribution < -0.4 is 13.5 Å². The largest absolute Gasteiger partial charge is 0.534 e. The molecule has 1 unspecified atom stereocenters. The smallest absolute Gasteiger partial charge is 0.469 e. The number of imidazole rings is 1. The Kier molecular flexibility index (Phi) is 7.32. The lowest BCUT2D eigenvalue weighted by molar-refractivity contribution is -0.871. The highest BCUT2D eigenvalue weighted by atomic mass is 32.2. The lowest BCUT2D eigenvalue weighted by Gasteiger charge is -2.28. The van der Waals surface area contributed by atoms with Gasteiger partial charge >= 0.3 is 37.8 Å². The number of ether oxygens (including phenoxy) is 1. The third-order valence-electron chi connectivity index (χ3n) is 3.37. The first-order valence-electron chi connectivity index (χ1n) is 7.87. The van der Waals surface area contributed by atoms with Crippen molar-refractivity contribution in [3.63, 3.8) is 0 Å². The lowest BCUT2D eigenvalue weighted by Crippen LogP contribution is -2.51. The van der Waals surface area contributed by atoms with Crippen molar-refractivity contribution in [3.05, 3.63) is 12.4 Å². The van der Waals surface area contributed by atoms with Crippen LogP contribution in [0.5, 0.6) is 6.01 Å². The zero-order valence-corrected chi connectivity index (χ0v) is 17.9. The van der Waals surface area contributed by atoms with Gasteiger partial charge in [0.2, 0.25) is 0 Å². The molecule has 11 nitrogen and oxygen atoms in total. The van der Waals surface area contributed by atoms with Gasteiger partial charge in [0.15, 0.2) is 6.20 Å². The quantitative estimate of drug-likeness (QED) is 0.160. The first-order chi connectivity index (χ1) is 12.9. The Morgan fingerprint density at radius 3 is 2.28 bits per heavy atom. The van der Waals surface area contributed by atoms with Gasteiger partial charge in [-0.1, -0.05) is 3.97 Å². The van der Waals surface area contributed by atoms with Crippen molar-refractivity contribution in [1.29, 1.82) is 0 Å². The van der Waals surface area contributed by atoms with Crippen LogP contribution in [0.15, 0.2) is 12.4 Å². The van der Waals surface area contributed by atoms with Gasteiger partial charge in [0, 0.05) is 0 Å². The maximum atomic E-state index is 12.7. The van der Waals surface area contributed by atoms with Crippen LogP contribution in [0.1, 0.15) is 6.42 Å². The number of hydrogen-bond donors (Lipinski definition) is 1. The predicted molar refractivity (Wildman–Crippen MR) is 92.0 cm³/mol. The number of hydrogen-bond acceptors (Lipinski definition) is 7. The second kappa shape index (κ2) is 8.45. The van der Waals surface area contributed by atoms with Crippen LogP contribution in [0.25, 0.3) is 0 Å². The number of methoxy groups -OCH3 is 1. The van der Waals surface area contributed by atoms with Crippen molar-refractivity contribution in [1.82, 2.24) is 8.69 Å². The molecule has 1 aromatic heterocycles. The van der Waals surface area contributed by atoms with Crippen LogP contribution in [0.2, 0.25) is 0 Å². The Hall–Kier alpha value is -1.91. The Morgan fingerprint density at radius 1 is 1.28 bits per heavy atom. The maximum absolute atomic E-state index is 12.7. The van der Waals surface area contributed by atoms with E-state index in [4.69, 9.17) is 0 Å². The van der Waals surface area contributed by atoms with E-state index in [1.54, 1.807) is 21.1 Å². The molecular formula is C13H23F3N4O7S2+2. The number of esters is 1. The topological polar surface area (TPSA) is 125 Å². The summed E-state index contributed by atoms with van der Waals surface area (Å²) in [5.41, 5.74) is -5.76. The van der Waals surface area contributed by atoms with E-state index in [0.717, 1.165) is 31.1 Å². The molecule has 1 rings (SSSR count). The summed E-state index contributed by atoms with van der Waals surface area (Å²) in [7, 11) is -3.40. The number of nitrogens with one attached hydrogen (secondary N) is 1. The minimum absolute atomic E-state index is 0.110. The van der Waals surface area contributed by atoms with Gasteiger partial charge in [-0.25, -0.2) is 0 Å². The summed E-state index contributed by atoms with van der Waals surface area (Å²) < 4.78 is 97.6. The van der Waals surface area contributed by atoms with Crippen LogP contribution in [0.4, 0.5) is 13.2 Å². The van der Waals surface area contributed by atoms with Crippen LogP contribution in [0.3, 0.4) is 0 Å². The fraction of sp³-hybridized carbons (Fsp3) is 0.692. The van der Waals surface area contributed by atoms with Crippen LogP contribution in [0, 0.1) is 0 Å². The minimum atomic E-state index is -6.12. The molecule has 29 heavy (non-hydrogen) atoms. The fourth-order valence-electron chi connectivity index (χ4n) is 2.22.